The van der Waals surface area contributed by atoms with Gasteiger partial charge in [0.1, 0.15) is 4.75 Å². The van der Waals surface area contributed by atoms with E-state index in [0.717, 1.165) is 32.1 Å². The molecule has 0 bridgehead atoms. The zero-order valence-electron chi connectivity index (χ0n) is 18.2. The van der Waals surface area contributed by atoms with Gasteiger partial charge in [-0.3, -0.25) is 4.55 Å². The molecule has 0 aromatic carbocycles. The first kappa shape index (κ1) is 30.3. The van der Waals surface area contributed by atoms with Crippen molar-refractivity contribution in [1.29, 1.82) is 0 Å². The van der Waals surface area contributed by atoms with Crippen LogP contribution in [-0.4, -0.2) is 23.7 Å². The maximum Gasteiger partial charge on any atom is 1.00 e. The standard InChI is InChI=1S/C21H40O5S.Na/c1-3-5-6-7-8-9-10-11-12-13-14-15-16-17-19-21(18-4-2,20(22)23)27(24,25)26;/h11-12H,3-10,13-19H2,1-2H3,(H,22,23)(H,24,25,26);/q;+1/p-1. The third-order valence-electron chi connectivity index (χ3n) is 5.11. The minimum Gasteiger partial charge on any atom is -0.548 e. The number of carboxylic acids is 1. The molecule has 0 heterocycles. The minimum atomic E-state index is -4.68. The van der Waals surface area contributed by atoms with Crippen LogP contribution < -0.4 is 34.7 Å². The largest absolute Gasteiger partial charge is 1.00 e. The van der Waals surface area contributed by atoms with Crippen molar-refractivity contribution >= 4 is 16.1 Å². The van der Waals surface area contributed by atoms with Crippen LogP contribution in [-0.2, 0) is 14.9 Å². The van der Waals surface area contributed by atoms with Gasteiger partial charge in [0.25, 0.3) is 10.1 Å². The Morgan fingerprint density at radius 1 is 0.821 bits per heavy atom. The molecule has 5 nitrogen and oxygen atoms in total. The number of rotatable bonds is 18. The molecule has 0 rings (SSSR count). The van der Waals surface area contributed by atoms with Gasteiger partial charge in [-0.1, -0.05) is 83.8 Å². The van der Waals surface area contributed by atoms with Gasteiger partial charge in [0.2, 0.25) is 0 Å². The predicted molar refractivity (Wildman–Crippen MR) is 109 cm³/mol. The number of carboxylic acid groups (broad SMARTS) is 1. The summed E-state index contributed by atoms with van der Waals surface area (Å²) >= 11 is 0. The molecule has 1 N–H and O–H groups in total. The van der Waals surface area contributed by atoms with Crippen LogP contribution >= 0.6 is 0 Å². The normalized spacial score (nSPS) is 14.0. The summed E-state index contributed by atoms with van der Waals surface area (Å²) in [6, 6.07) is 0. The summed E-state index contributed by atoms with van der Waals surface area (Å²) in [5, 5.41) is 11.4. The SMILES string of the molecule is CCCCCCCCC=CCCCCCCC(CCC)(C(=O)[O-])S(=O)(=O)O.[Na+]. The first-order valence-electron chi connectivity index (χ1n) is 10.6. The third-order valence-corrected chi connectivity index (χ3v) is 6.67. The molecular weight excluding hydrogens is 387 g/mol. The maximum absolute atomic E-state index is 11.6. The van der Waals surface area contributed by atoms with E-state index in [1.165, 1.54) is 38.5 Å². The first-order valence-corrected chi connectivity index (χ1v) is 12.1. The predicted octanol–water partition coefficient (Wildman–Crippen LogP) is 1.81. The molecule has 0 aromatic rings. The van der Waals surface area contributed by atoms with E-state index in [-0.39, 0.29) is 42.4 Å². The zero-order valence-corrected chi connectivity index (χ0v) is 21.1. The summed E-state index contributed by atoms with van der Waals surface area (Å²) in [6.07, 6.45) is 17.7. The number of allylic oxidation sites excluding steroid dienone is 2. The molecule has 1 atom stereocenters. The molecule has 0 aliphatic heterocycles. The fourth-order valence-electron chi connectivity index (χ4n) is 3.40. The summed E-state index contributed by atoms with van der Waals surface area (Å²) in [6.45, 7) is 3.92. The van der Waals surface area contributed by atoms with Crippen molar-refractivity contribution in [3.05, 3.63) is 12.2 Å². The maximum atomic E-state index is 11.6. The van der Waals surface area contributed by atoms with Crippen LogP contribution in [0.3, 0.4) is 0 Å². The fourth-order valence-corrected chi connectivity index (χ4v) is 4.48. The Morgan fingerprint density at radius 2 is 1.29 bits per heavy atom. The topological polar surface area (TPSA) is 94.5 Å². The van der Waals surface area contributed by atoms with Crippen LogP contribution in [0.15, 0.2) is 12.2 Å². The second-order valence-corrected chi connectivity index (χ2v) is 9.22. The van der Waals surface area contributed by atoms with Crippen LogP contribution in [0, 0.1) is 0 Å². The molecule has 1 unspecified atom stereocenters. The number of carbonyl (C=O) groups excluding carboxylic acids is 1. The molecule has 0 aliphatic rings. The van der Waals surface area contributed by atoms with Gasteiger partial charge in [-0.25, -0.2) is 0 Å². The van der Waals surface area contributed by atoms with Gasteiger partial charge in [0, 0.05) is 0 Å². The van der Waals surface area contributed by atoms with E-state index in [2.05, 4.69) is 19.1 Å². The average molecular weight is 427 g/mol. The van der Waals surface area contributed by atoms with Gasteiger partial charge in [0.05, 0.1) is 5.97 Å². The Balaban J connectivity index is 0. The van der Waals surface area contributed by atoms with E-state index in [1.807, 2.05) is 0 Å². The minimum absolute atomic E-state index is 0. The molecule has 0 saturated heterocycles. The average Bonchev–Trinajstić information content (AvgIpc) is 2.59. The Hall–Kier alpha value is 0.120. The first-order chi connectivity index (χ1) is 12.8. The Labute approximate surface area is 194 Å². The van der Waals surface area contributed by atoms with E-state index in [4.69, 9.17) is 0 Å². The summed E-state index contributed by atoms with van der Waals surface area (Å²) in [4.78, 5) is 11.4. The van der Waals surface area contributed by atoms with Crippen molar-refractivity contribution < 1.29 is 52.4 Å². The van der Waals surface area contributed by atoms with Gasteiger partial charge in [-0.2, -0.15) is 8.42 Å². The molecule has 0 fully saturated rings. The van der Waals surface area contributed by atoms with Crippen LogP contribution in [0.5, 0.6) is 0 Å². The monoisotopic (exact) mass is 426 g/mol. The van der Waals surface area contributed by atoms with Gasteiger partial charge in [0.15, 0.2) is 0 Å². The van der Waals surface area contributed by atoms with Gasteiger partial charge in [-0.15, -0.1) is 0 Å². The van der Waals surface area contributed by atoms with Crippen molar-refractivity contribution in [2.75, 3.05) is 0 Å². The number of carbonyl (C=O) groups is 1. The molecule has 28 heavy (non-hydrogen) atoms. The van der Waals surface area contributed by atoms with E-state index in [0.29, 0.717) is 12.8 Å². The fraction of sp³-hybridized carbons (Fsp3) is 0.857. The second kappa shape index (κ2) is 17.9. The van der Waals surface area contributed by atoms with Crippen LogP contribution in [0.1, 0.15) is 110 Å². The quantitative estimate of drug-likeness (QED) is 0.156. The van der Waals surface area contributed by atoms with E-state index >= 15 is 0 Å². The van der Waals surface area contributed by atoms with Gasteiger partial charge < -0.3 is 9.90 Å². The molecule has 7 heteroatoms. The number of hydrogen-bond acceptors (Lipinski definition) is 4. The zero-order chi connectivity index (χ0) is 20.6. The van der Waals surface area contributed by atoms with Crippen LogP contribution in [0.25, 0.3) is 0 Å². The molecule has 0 amide bonds. The smallest absolute Gasteiger partial charge is 0.548 e. The summed E-state index contributed by atoms with van der Waals surface area (Å²) in [7, 11) is -4.68. The van der Waals surface area contributed by atoms with E-state index in [1.54, 1.807) is 6.92 Å². The Morgan fingerprint density at radius 3 is 1.71 bits per heavy atom. The van der Waals surface area contributed by atoms with E-state index < -0.39 is 20.8 Å². The molecule has 0 radical (unpaired) electrons. The number of aliphatic carboxylic acids is 1. The van der Waals surface area contributed by atoms with Crippen LogP contribution in [0.4, 0.5) is 0 Å². The van der Waals surface area contributed by atoms with Gasteiger partial charge in [-0.05, 0) is 38.5 Å². The number of unbranched alkanes of at least 4 members (excludes halogenated alkanes) is 10. The molecule has 0 spiro atoms. The summed E-state index contributed by atoms with van der Waals surface area (Å²) in [5.74, 6) is -1.69. The Kier molecular flexibility index (Phi) is 19.4. The Bertz CT molecular complexity index is 519. The second-order valence-electron chi connectivity index (χ2n) is 7.49. The third kappa shape index (κ3) is 12.6. The molecule has 160 valence electrons. The van der Waals surface area contributed by atoms with Crippen molar-refractivity contribution in [2.45, 2.75) is 115 Å². The van der Waals surface area contributed by atoms with Crippen molar-refractivity contribution in [3.63, 3.8) is 0 Å². The summed E-state index contributed by atoms with van der Waals surface area (Å²) < 4.78 is 30.4. The van der Waals surface area contributed by atoms with Crippen molar-refractivity contribution in [2.24, 2.45) is 0 Å². The molecule has 0 aromatic heterocycles. The van der Waals surface area contributed by atoms with E-state index in [9.17, 15) is 22.9 Å². The van der Waals surface area contributed by atoms with Gasteiger partial charge >= 0.3 is 29.6 Å². The summed E-state index contributed by atoms with van der Waals surface area (Å²) in [5.41, 5.74) is 0. The molecular formula is C21H39NaO5S. The van der Waals surface area contributed by atoms with Crippen LogP contribution in [0.2, 0.25) is 0 Å². The molecule has 0 saturated carbocycles. The number of hydrogen-bond donors (Lipinski definition) is 1. The van der Waals surface area contributed by atoms with Crippen molar-refractivity contribution in [1.82, 2.24) is 0 Å². The van der Waals surface area contributed by atoms with Crippen molar-refractivity contribution in [3.8, 4) is 0 Å². The molecule has 0 aliphatic carbocycles.